The standard InChI is InChI=1S/C13H17NO5.BH3O3/c1-12(2,17)13(19-18,6-7-15)11(16)9-4-3-5-10(14)8-9;2-1(3)4/h3-6,8,11,16-18H,14H2,1-2H3;2-4H. The van der Waals surface area contributed by atoms with E-state index in [2.05, 4.69) is 4.89 Å². The largest absolute Gasteiger partial charge is 0.631 e. The summed E-state index contributed by atoms with van der Waals surface area (Å²) in [6.45, 7) is 2.57. The number of nitrogens with two attached hydrogens (primary N) is 1. The molecule has 1 rings (SSSR count). The smallest absolute Gasteiger partial charge is 0.402 e. The fourth-order valence-electron chi connectivity index (χ4n) is 1.84. The van der Waals surface area contributed by atoms with E-state index in [-0.39, 0.29) is 5.56 Å². The predicted molar refractivity (Wildman–Crippen MR) is 81.2 cm³/mol. The maximum Gasteiger partial charge on any atom is 0.631 e. The van der Waals surface area contributed by atoms with E-state index in [1.165, 1.54) is 31.9 Å². The highest BCUT2D eigenvalue weighted by atomic mass is 17.1. The minimum Gasteiger partial charge on any atom is -0.402 e. The first-order valence-corrected chi connectivity index (χ1v) is 6.36. The molecular formula is C13H20BNO8. The van der Waals surface area contributed by atoms with Crippen LogP contribution in [0.25, 0.3) is 0 Å². The van der Waals surface area contributed by atoms with E-state index in [0.29, 0.717) is 5.69 Å². The predicted octanol–water partition coefficient (Wildman–Crippen LogP) is -1.36. The number of carbonyl (C=O) groups excluding carboxylic acids is 1. The van der Waals surface area contributed by atoms with E-state index in [4.69, 9.17) is 26.1 Å². The number of aliphatic hydroxyl groups excluding tert-OH is 1. The molecule has 0 saturated heterocycles. The Morgan fingerprint density at radius 2 is 1.87 bits per heavy atom. The number of aliphatic hydroxyl groups is 2. The van der Waals surface area contributed by atoms with Crippen molar-refractivity contribution in [3.63, 3.8) is 0 Å². The van der Waals surface area contributed by atoms with Crippen LogP contribution in [0.3, 0.4) is 0 Å². The number of nitrogen functional groups attached to an aromatic ring is 1. The lowest BCUT2D eigenvalue weighted by Gasteiger charge is -2.40. The van der Waals surface area contributed by atoms with Crippen LogP contribution in [0.5, 0.6) is 0 Å². The van der Waals surface area contributed by atoms with Crippen molar-refractivity contribution in [3.8, 4) is 0 Å². The number of hydrogen-bond acceptors (Lipinski definition) is 9. The Balaban J connectivity index is 0.00000108. The number of rotatable bonds is 5. The molecule has 2 atom stereocenters. The molecule has 8 N–H and O–H groups in total. The average Bonchev–Trinajstić information content (AvgIpc) is 2.42. The molecule has 0 fully saturated rings. The zero-order chi connectivity index (χ0) is 18.3. The summed E-state index contributed by atoms with van der Waals surface area (Å²) in [4.78, 5) is 14.9. The molecule has 0 heterocycles. The summed E-state index contributed by atoms with van der Waals surface area (Å²) in [5, 5.41) is 51.0. The van der Waals surface area contributed by atoms with Gasteiger partial charge in [-0.15, -0.1) is 0 Å². The van der Waals surface area contributed by atoms with E-state index < -0.39 is 24.6 Å². The molecule has 10 heteroatoms. The molecule has 1 aromatic rings. The zero-order valence-electron chi connectivity index (χ0n) is 12.6. The monoisotopic (exact) mass is 329 g/mol. The molecule has 0 radical (unpaired) electrons. The first kappa shape index (κ1) is 21.3. The van der Waals surface area contributed by atoms with Crippen molar-refractivity contribution in [2.75, 3.05) is 5.73 Å². The van der Waals surface area contributed by atoms with Gasteiger partial charge in [0, 0.05) is 11.8 Å². The van der Waals surface area contributed by atoms with Crippen molar-refractivity contribution >= 4 is 18.9 Å². The van der Waals surface area contributed by atoms with Crippen LogP contribution in [-0.4, -0.2) is 55.0 Å². The van der Waals surface area contributed by atoms with Crippen LogP contribution in [-0.2, 0) is 9.68 Å². The molecule has 0 spiro atoms. The van der Waals surface area contributed by atoms with Crippen LogP contribution >= 0.6 is 0 Å². The molecule has 0 aliphatic heterocycles. The third kappa shape index (κ3) is 5.75. The van der Waals surface area contributed by atoms with Crippen LogP contribution in [0, 0.1) is 0 Å². The summed E-state index contributed by atoms with van der Waals surface area (Å²) in [6.07, 6.45) is -0.775. The summed E-state index contributed by atoms with van der Waals surface area (Å²) in [5.74, 6) is 1.42. The summed E-state index contributed by atoms with van der Waals surface area (Å²) in [5.41, 5.74) is 2.46. The summed E-state index contributed by atoms with van der Waals surface area (Å²) >= 11 is 0. The van der Waals surface area contributed by atoms with E-state index in [1.807, 2.05) is 0 Å². The van der Waals surface area contributed by atoms with Gasteiger partial charge in [0.15, 0.2) is 5.60 Å². The van der Waals surface area contributed by atoms with Gasteiger partial charge in [-0.1, -0.05) is 12.1 Å². The molecule has 9 nitrogen and oxygen atoms in total. The van der Waals surface area contributed by atoms with E-state index in [1.54, 1.807) is 12.1 Å². The second-order valence-corrected chi connectivity index (χ2v) is 5.12. The zero-order valence-corrected chi connectivity index (χ0v) is 12.6. The quantitative estimate of drug-likeness (QED) is 0.113. The first-order valence-electron chi connectivity index (χ1n) is 6.36. The van der Waals surface area contributed by atoms with Crippen LogP contribution in [0.1, 0.15) is 25.5 Å². The Labute approximate surface area is 133 Å². The lowest BCUT2D eigenvalue weighted by atomic mass is 9.78. The minimum absolute atomic E-state index is 0.280. The maximum absolute atomic E-state index is 10.6. The lowest BCUT2D eigenvalue weighted by molar-refractivity contribution is -0.365. The second kappa shape index (κ2) is 8.77. The number of anilines is 1. The van der Waals surface area contributed by atoms with E-state index in [9.17, 15) is 15.0 Å². The van der Waals surface area contributed by atoms with Crippen molar-refractivity contribution in [2.24, 2.45) is 0 Å². The fourth-order valence-corrected chi connectivity index (χ4v) is 1.84. The molecule has 2 unspecified atom stereocenters. The van der Waals surface area contributed by atoms with Gasteiger partial charge in [0.25, 0.3) is 0 Å². The van der Waals surface area contributed by atoms with Gasteiger partial charge in [-0.3, -0.25) is 5.26 Å². The average molecular weight is 329 g/mol. The molecule has 0 amide bonds. The van der Waals surface area contributed by atoms with E-state index >= 15 is 0 Å². The molecule has 0 aliphatic rings. The SMILES string of the molecule is CC(C)(O)C(C=C=O)(OO)C(O)c1cccc(N)c1.OB(O)O. The van der Waals surface area contributed by atoms with Crippen LogP contribution in [0.2, 0.25) is 0 Å². The fraction of sp³-hybridized carbons (Fsp3) is 0.385. The highest BCUT2D eigenvalue weighted by Crippen LogP contribution is 2.39. The molecule has 0 bridgehead atoms. The van der Waals surface area contributed by atoms with Gasteiger partial charge in [0.1, 0.15) is 12.0 Å². The number of hydrogen-bond donors (Lipinski definition) is 7. The normalized spacial score (nSPS) is 14.6. The number of benzene rings is 1. The minimum atomic E-state index is -2.17. The van der Waals surface area contributed by atoms with Crippen molar-refractivity contribution in [1.29, 1.82) is 0 Å². The molecule has 1 aromatic carbocycles. The third-order valence-corrected chi connectivity index (χ3v) is 3.01. The molecule has 0 aromatic heterocycles. The summed E-state index contributed by atoms with van der Waals surface area (Å²) < 4.78 is 0. The van der Waals surface area contributed by atoms with Crippen LogP contribution < -0.4 is 5.73 Å². The van der Waals surface area contributed by atoms with Crippen molar-refractivity contribution in [2.45, 2.75) is 31.2 Å². The van der Waals surface area contributed by atoms with Crippen molar-refractivity contribution in [1.82, 2.24) is 0 Å². The summed E-state index contributed by atoms with van der Waals surface area (Å²) in [6, 6.07) is 6.17. The van der Waals surface area contributed by atoms with Gasteiger partial charge in [0.05, 0.1) is 5.60 Å². The van der Waals surface area contributed by atoms with Gasteiger partial charge in [-0.25, -0.2) is 9.68 Å². The Bertz CT molecular complexity index is 538. The van der Waals surface area contributed by atoms with Gasteiger partial charge in [-0.2, -0.15) is 0 Å². The summed E-state index contributed by atoms with van der Waals surface area (Å²) in [7, 11) is -2.17. The Hall–Kier alpha value is -1.75. The van der Waals surface area contributed by atoms with Crippen molar-refractivity contribution in [3.05, 3.63) is 35.9 Å². The molecular weight excluding hydrogens is 309 g/mol. The van der Waals surface area contributed by atoms with Gasteiger partial charge < -0.3 is 31.0 Å². The molecule has 0 aliphatic carbocycles. The Kier molecular flexibility index (Phi) is 8.11. The third-order valence-electron chi connectivity index (χ3n) is 3.01. The lowest BCUT2D eigenvalue weighted by Crippen LogP contribution is -2.54. The maximum atomic E-state index is 10.6. The Morgan fingerprint density at radius 1 is 1.35 bits per heavy atom. The highest BCUT2D eigenvalue weighted by Gasteiger charge is 2.51. The first-order chi connectivity index (χ1) is 10.5. The van der Waals surface area contributed by atoms with E-state index in [0.717, 1.165) is 6.08 Å². The van der Waals surface area contributed by atoms with Gasteiger partial charge in [-0.05, 0) is 31.5 Å². The van der Waals surface area contributed by atoms with Crippen LogP contribution in [0.15, 0.2) is 30.3 Å². The Morgan fingerprint density at radius 3 is 2.22 bits per heavy atom. The molecule has 0 saturated carbocycles. The van der Waals surface area contributed by atoms with Crippen molar-refractivity contribution < 1.29 is 40.2 Å². The highest BCUT2D eigenvalue weighted by molar-refractivity contribution is 6.30. The van der Waals surface area contributed by atoms with Gasteiger partial charge in [0.2, 0.25) is 0 Å². The second-order valence-electron chi connectivity index (χ2n) is 5.12. The topological polar surface area (TPSA) is 174 Å². The molecule has 23 heavy (non-hydrogen) atoms. The molecule has 128 valence electrons. The van der Waals surface area contributed by atoms with Crippen LogP contribution in [0.4, 0.5) is 5.69 Å². The van der Waals surface area contributed by atoms with Gasteiger partial charge >= 0.3 is 7.32 Å².